The predicted octanol–water partition coefficient (Wildman–Crippen LogP) is 2.05. The summed E-state index contributed by atoms with van der Waals surface area (Å²) in [6.45, 7) is 1.61. The molecule has 10 nitrogen and oxygen atoms in total. The van der Waals surface area contributed by atoms with E-state index in [1.165, 1.54) is 28.6 Å². The van der Waals surface area contributed by atoms with Crippen LogP contribution in [0, 0.1) is 0 Å². The van der Waals surface area contributed by atoms with Crippen LogP contribution in [-0.2, 0) is 21.3 Å². The molecule has 0 atom stereocenters. The molecule has 1 aliphatic rings. The fraction of sp³-hybridized carbons (Fsp3) is 0.208. The standard InChI is InChI=1S/C24H23N5O5S/c30-23-15-20(24(31)27-21-5-2-1-4-17(21)16-28-9-3-8-25-28)19-14-18(6-7-22(19)26-23)35(32,33)29-10-12-34-13-11-29/h1-9,14-15H,10-13,16H2,(H,26,30)(H,27,31). The molecule has 2 aromatic carbocycles. The molecular formula is C24H23N5O5S. The monoisotopic (exact) mass is 493 g/mol. The molecule has 0 saturated carbocycles. The zero-order chi connectivity index (χ0) is 24.4. The van der Waals surface area contributed by atoms with Gasteiger partial charge in [-0.2, -0.15) is 9.40 Å². The van der Waals surface area contributed by atoms with Gasteiger partial charge >= 0.3 is 0 Å². The largest absolute Gasteiger partial charge is 0.379 e. The number of sulfonamides is 1. The van der Waals surface area contributed by atoms with Crippen molar-refractivity contribution in [3.05, 3.63) is 88.5 Å². The Balaban J connectivity index is 1.51. The number of ether oxygens (including phenoxy) is 1. The van der Waals surface area contributed by atoms with Gasteiger partial charge in [-0.25, -0.2) is 8.42 Å². The van der Waals surface area contributed by atoms with E-state index in [0.717, 1.165) is 5.56 Å². The SMILES string of the molecule is O=C(Nc1ccccc1Cn1cccn1)c1cc(=O)[nH]c2ccc(S(=O)(=O)N3CCOCC3)cc12. The lowest BCUT2D eigenvalue weighted by Crippen LogP contribution is -2.40. The van der Waals surface area contributed by atoms with Gasteiger partial charge in [0, 0.05) is 48.1 Å². The molecule has 0 spiro atoms. The number of H-pyrrole nitrogens is 1. The molecule has 2 aromatic heterocycles. The van der Waals surface area contributed by atoms with Gasteiger partial charge in [0.2, 0.25) is 15.6 Å². The van der Waals surface area contributed by atoms with E-state index < -0.39 is 21.5 Å². The van der Waals surface area contributed by atoms with Crippen molar-refractivity contribution in [1.29, 1.82) is 0 Å². The van der Waals surface area contributed by atoms with Crippen LogP contribution in [0.1, 0.15) is 15.9 Å². The molecule has 3 heterocycles. The van der Waals surface area contributed by atoms with Gasteiger partial charge in [0.25, 0.3) is 5.91 Å². The van der Waals surface area contributed by atoms with Crippen LogP contribution in [0.15, 0.2) is 76.7 Å². The zero-order valence-electron chi connectivity index (χ0n) is 18.7. The number of morpholine rings is 1. The second-order valence-corrected chi connectivity index (χ2v) is 10.0. The normalized spacial score (nSPS) is 14.7. The number of fused-ring (bicyclic) bond motifs is 1. The number of hydrogen-bond donors (Lipinski definition) is 2. The smallest absolute Gasteiger partial charge is 0.256 e. The van der Waals surface area contributed by atoms with Gasteiger partial charge in [0.15, 0.2) is 0 Å². The molecule has 0 aliphatic carbocycles. The van der Waals surface area contributed by atoms with Gasteiger partial charge in [0.05, 0.1) is 30.2 Å². The Morgan fingerprint density at radius 1 is 1.09 bits per heavy atom. The highest BCUT2D eigenvalue weighted by Crippen LogP contribution is 2.25. The van der Waals surface area contributed by atoms with Crippen molar-refractivity contribution in [3.63, 3.8) is 0 Å². The van der Waals surface area contributed by atoms with Gasteiger partial charge < -0.3 is 15.0 Å². The van der Waals surface area contributed by atoms with E-state index >= 15 is 0 Å². The van der Waals surface area contributed by atoms with Crippen LogP contribution in [0.3, 0.4) is 0 Å². The third kappa shape index (κ3) is 4.74. The number of carbonyl (C=O) groups is 1. The van der Waals surface area contributed by atoms with Crippen LogP contribution in [0.4, 0.5) is 5.69 Å². The maximum absolute atomic E-state index is 13.3. The van der Waals surface area contributed by atoms with Gasteiger partial charge in [0.1, 0.15) is 0 Å². The van der Waals surface area contributed by atoms with Crippen LogP contribution in [0.2, 0.25) is 0 Å². The van der Waals surface area contributed by atoms with Gasteiger partial charge in [-0.3, -0.25) is 14.3 Å². The van der Waals surface area contributed by atoms with E-state index in [0.29, 0.717) is 36.3 Å². The van der Waals surface area contributed by atoms with E-state index in [2.05, 4.69) is 15.4 Å². The van der Waals surface area contributed by atoms with Crippen molar-refractivity contribution in [3.8, 4) is 0 Å². The average Bonchev–Trinajstić information content (AvgIpc) is 3.38. The number of rotatable bonds is 6. The van der Waals surface area contributed by atoms with E-state index in [9.17, 15) is 18.0 Å². The number of para-hydroxylation sites is 1. The Labute approximate surface area is 201 Å². The van der Waals surface area contributed by atoms with Crippen LogP contribution in [0.5, 0.6) is 0 Å². The zero-order valence-corrected chi connectivity index (χ0v) is 19.5. The third-order valence-electron chi connectivity index (χ3n) is 5.82. The van der Waals surface area contributed by atoms with E-state index in [1.807, 2.05) is 24.4 Å². The number of nitrogens with zero attached hydrogens (tertiary/aromatic N) is 3. The first kappa shape index (κ1) is 23.0. The highest BCUT2D eigenvalue weighted by molar-refractivity contribution is 7.89. The number of amides is 1. The van der Waals surface area contributed by atoms with Gasteiger partial charge in [-0.05, 0) is 35.9 Å². The van der Waals surface area contributed by atoms with Crippen molar-refractivity contribution in [2.75, 3.05) is 31.6 Å². The molecule has 5 rings (SSSR count). The van der Waals surface area contributed by atoms with Crippen LogP contribution in [-0.4, -0.2) is 59.7 Å². The molecule has 1 fully saturated rings. The minimum Gasteiger partial charge on any atom is -0.379 e. The molecule has 1 amide bonds. The molecule has 180 valence electrons. The minimum absolute atomic E-state index is 0.0482. The van der Waals surface area contributed by atoms with Crippen molar-refractivity contribution in [1.82, 2.24) is 19.1 Å². The second kappa shape index (κ2) is 9.45. The maximum atomic E-state index is 13.3. The van der Waals surface area contributed by atoms with Gasteiger partial charge in [-0.15, -0.1) is 0 Å². The molecule has 1 aliphatic heterocycles. The third-order valence-corrected chi connectivity index (χ3v) is 7.72. The first-order valence-corrected chi connectivity index (χ1v) is 12.5. The summed E-state index contributed by atoms with van der Waals surface area (Å²) in [6.07, 6.45) is 3.49. The summed E-state index contributed by atoms with van der Waals surface area (Å²) < 4.78 is 34.7. The topological polar surface area (TPSA) is 126 Å². The summed E-state index contributed by atoms with van der Waals surface area (Å²) in [5.74, 6) is -0.519. The number of hydrogen-bond acceptors (Lipinski definition) is 6. The Morgan fingerprint density at radius 3 is 2.66 bits per heavy atom. The molecule has 35 heavy (non-hydrogen) atoms. The van der Waals surface area contributed by atoms with Crippen molar-refractivity contribution < 1.29 is 17.9 Å². The number of carbonyl (C=O) groups excluding carboxylic acids is 1. The number of benzene rings is 2. The van der Waals surface area contributed by atoms with Crippen LogP contribution < -0.4 is 10.9 Å². The molecule has 0 unspecified atom stereocenters. The van der Waals surface area contributed by atoms with Gasteiger partial charge in [-0.1, -0.05) is 18.2 Å². The lowest BCUT2D eigenvalue weighted by atomic mass is 10.1. The summed E-state index contributed by atoms with van der Waals surface area (Å²) in [5.41, 5.74) is 1.38. The number of aromatic nitrogens is 3. The van der Waals surface area contributed by atoms with Crippen molar-refractivity contribution in [2.24, 2.45) is 0 Å². The second-order valence-electron chi connectivity index (χ2n) is 8.09. The highest BCUT2D eigenvalue weighted by Gasteiger charge is 2.27. The van der Waals surface area contributed by atoms with Crippen LogP contribution >= 0.6 is 0 Å². The highest BCUT2D eigenvalue weighted by atomic mass is 32.2. The molecule has 0 bridgehead atoms. The van der Waals surface area contributed by atoms with E-state index in [-0.39, 0.29) is 23.5 Å². The number of nitrogens with one attached hydrogen (secondary N) is 2. The van der Waals surface area contributed by atoms with Crippen LogP contribution in [0.25, 0.3) is 10.9 Å². The fourth-order valence-electron chi connectivity index (χ4n) is 4.06. The molecule has 0 radical (unpaired) electrons. The molecule has 2 N–H and O–H groups in total. The van der Waals surface area contributed by atoms with E-state index in [1.54, 1.807) is 23.0 Å². The number of pyridine rings is 1. The summed E-state index contributed by atoms with van der Waals surface area (Å²) >= 11 is 0. The first-order chi connectivity index (χ1) is 16.9. The lowest BCUT2D eigenvalue weighted by Gasteiger charge is -2.26. The minimum atomic E-state index is -3.78. The Kier molecular flexibility index (Phi) is 6.20. The first-order valence-electron chi connectivity index (χ1n) is 11.0. The Hall–Kier alpha value is -3.80. The molecule has 11 heteroatoms. The number of anilines is 1. The molecule has 1 saturated heterocycles. The maximum Gasteiger partial charge on any atom is 0.256 e. The summed E-state index contributed by atoms with van der Waals surface area (Å²) in [6, 6.07) is 14.7. The van der Waals surface area contributed by atoms with Crippen molar-refractivity contribution in [2.45, 2.75) is 11.4 Å². The average molecular weight is 494 g/mol. The summed E-state index contributed by atoms with van der Waals surface area (Å²) in [7, 11) is -3.78. The lowest BCUT2D eigenvalue weighted by molar-refractivity contribution is 0.0730. The Morgan fingerprint density at radius 2 is 1.89 bits per heavy atom. The quantitative estimate of drug-likeness (QED) is 0.423. The molecular weight excluding hydrogens is 470 g/mol. The van der Waals surface area contributed by atoms with Crippen molar-refractivity contribution >= 4 is 32.5 Å². The number of aromatic amines is 1. The molecule has 4 aromatic rings. The van der Waals surface area contributed by atoms with E-state index in [4.69, 9.17) is 4.74 Å². The summed E-state index contributed by atoms with van der Waals surface area (Å²) in [4.78, 5) is 28.3. The summed E-state index contributed by atoms with van der Waals surface area (Å²) in [5, 5.41) is 7.41. The Bertz CT molecular complexity index is 1540. The fourth-order valence-corrected chi connectivity index (χ4v) is 5.49. The predicted molar refractivity (Wildman–Crippen MR) is 130 cm³/mol.